The van der Waals surface area contributed by atoms with Gasteiger partial charge in [0.15, 0.2) is 0 Å². The van der Waals surface area contributed by atoms with E-state index in [9.17, 15) is 18.0 Å². The van der Waals surface area contributed by atoms with E-state index in [-0.39, 0.29) is 17.0 Å². The van der Waals surface area contributed by atoms with E-state index in [1.165, 1.54) is 30.5 Å². The summed E-state index contributed by atoms with van der Waals surface area (Å²) < 4.78 is 27.7. The monoisotopic (exact) mass is 424 g/mol. The predicted molar refractivity (Wildman–Crippen MR) is 114 cm³/mol. The normalized spacial score (nSPS) is 10.8. The van der Waals surface area contributed by atoms with Gasteiger partial charge in [-0.1, -0.05) is 23.8 Å². The predicted octanol–water partition coefficient (Wildman–Crippen LogP) is 2.56. The fraction of sp³-hybridized carbons (Fsp3) is 0.0952. The van der Waals surface area contributed by atoms with Crippen molar-refractivity contribution in [2.45, 2.75) is 11.8 Å². The summed E-state index contributed by atoms with van der Waals surface area (Å²) in [6, 6.07) is 15.8. The fourth-order valence-corrected chi connectivity index (χ4v) is 3.65. The Morgan fingerprint density at radius 3 is 2.43 bits per heavy atom. The summed E-state index contributed by atoms with van der Waals surface area (Å²) in [5, 5.41) is 5.06. The second kappa shape index (κ2) is 9.19. The van der Waals surface area contributed by atoms with Crippen molar-refractivity contribution in [3.8, 4) is 0 Å². The van der Waals surface area contributed by atoms with Crippen molar-refractivity contribution in [3.05, 3.63) is 84.2 Å². The summed E-state index contributed by atoms with van der Waals surface area (Å²) in [5.41, 5.74) is 2.05. The molecule has 3 aromatic rings. The molecule has 1 aromatic heterocycles. The smallest absolute Gasteiger partial charge is 0.261 e. The van der Waals surface area contributed by atoms with Gasteiger partial charge in [0, 0.05) is 17.4 Å². The van der Waals surface area contributed by atoms with Gasteiger partial charge in [-0.25, -0.2) is 8.42 Å². The molecule has 0 aliphatic heterocycles. The van der Waals surface area contributed by atoms with Gasteiger partial charge in [0.05, 0.1) is 23.3 Å². The van der Waals surface area contributed by atoms with Gasteiger partial charge in [0.2, 0.25) is 5.91 Å². The van der Waals surface area contributed by atoms with Crippen LogP contribution >= 0.6 is 0 Å². The zero-order valence-corrected chi connectivity index (χ0v) is 16.9. The SMILES string of the molecule is Cc1ccc(NS(=O)(=O)c2cccc(C(=O)NCC(=O)Nc3cccnc3)c2)cc1. The van der Waals surface area contributed by atoms with Crippen LogP contribution in [0.15, 0.2) is 78.0 Å². The topological polar surface area (TPSA) is 117 Å². The summed E-state index contributed by atoms with van der Waals surface area (Å²) in [5.74, 6) is -0.995. The van der Waals surface area contributed by atoms with Gasteiger partial charge in [-0.2, -0.15) is 0 Å². The lowest BCUT2D eigenvalue weighted by molar-refractivity contribution is -0.115. The van der Waals surface area contributed by atoms with E-state index in [0.29, 0.717) is 11.4 Å². The van der Waals surface area contributed by atoms with Crippen molar-refractivity contribution in [2.75, 3.05) is 16.6 Å². The lowest BCUT2D eigenvalue weighted by Crippen LogP contribution is -2.33. The first-order valence-electron chi connectivity index (χ1n) is 9.01. The number of carbonyl (C=O) groups excluding carboxylic acids is 2. The molecule has 0 saturated carbocycles. The summed E-state index contributed by atoms with van der Waals surface area (Å²) in [7, 11) is -3.87. The lowest BCUT2D eigenvalue weighted by Gasteiger charge is -2.10. The van der Waals surface area contributed by atoms with Crippen LogP contribution in [-0.4, -0.2) is 31.8 Å². The number of rotatable bonds is 7. The maximum Gasteiger partial charge on any atom is 0.261 e. The minimum Gasteiger partial charge on any atom is -0.343 e. The number of sulfonamides is 1. The molecule has 0 aliphatic rings. The number of anilines is 2. The number of nitrogens with zero attached hydrogens (tertiary/aromatic N) is 1. The van der Waals surface area contributed by atoms with E-state index >= 15 is 0 Å². The quantitative estimate of drug-likeness (QED) is 0.539. The second-order valence-corrected chi connectivity index (χ2v) is 8.15. The Kier molecular flexibility index (Phi) is 6.43. The number of nitrogens with one attached hydrogen (secondary N) is 3. The molecule has 154 valence electrons. The van der Waals surface area contributed by atoms with Crippen LogP contribution in [0, 0.1) is 6.92 Å². The first-order chi connectivity index (χ1) is 14.3. The molecule has 0 spiro atoms. The number of hydrogen-bond donors (Lipinski definition) is 3. The maximum atomic E-state index is 12.6. The van der Waals surface area contributed by atoms with Gasteiger partial charge in [0.25, 0.3) is 15.9 Å². The number of aryl methyl sites for hydroxylation is 1. The van der Waals surface area contributed by atoms with E-state index < -0.39 is 21.8 Å². The Bertz CT molecular complexity index is 1150. The Labute approximate surface area is 174 Å². The highest BCUT2D eigenvalue weighted by molar-refractivity contribution is 7.92. The summed E-state index contributed by atoms with van der Waals surface area (Å²) in [6.07, 6.45) is 3.06. The van der Waals surface area contributed by atoms with Crippen LogP contribution < -0.4 is 15.4 Å². The molecule has 2 amide bonds. The molecule has 1 heterocycles. The number of aromatic nitrogens is 1. The minimum atomic E-state index is -3.87. The van der Waals surface area contributed by atoms with Crippen LogP contribution in [0.1, 0.15) is 15.9 Å². The number of amides is 2. The van der Waals surface area contributed by atoms with Crippen LogP contribution in [0.3, 0.4) is 0 Å². The first kappa shape index (κ1) is 21.0. The lowest BCUT2D eigenvalue weighted by atomic mass is 10.2. The average Bonchev–Trinajstić information content (AvgIpc) is 2.74. The molecule has 0 bridgehead atoms. The van der Waals surface area contributed by atoms with Gasteiger partial charge < -0.3 is 10.6 Å². The molecule has 0 saturated heterocycles. The third kappa shape index (κ3) is 5.65. The van der Waals surface area contributed by atoms with Crippen LogP contribution in [0.5, 0.6) is 0 Å². The third-order valence-electron chi connectivity index (χ3n) is 4.07. The van der Waals surface area contributed by atoms with Gasteiger partial charge in [-0.05, 0) is 49.4 Å². The van der Waals surface area contributed by atoms with Crippen LogP contribution in [0.4, 0.5) is 11.4 Å². The first-order valence-corrected chi connectivity index (χ1v) is 10.5. The third-order valence-corrected chi connectivity index (χ3v) is 5.44. The minimum absolute atomic E-state index is 0.0597. The maximum absolute atomic E-state index is 12.6. The molecule has 3 rings (SSSR count). The molecular weight excluding hydrogens is 404 g/mol. The highest BCUT2D eigenvalue weighted by atomic mass is 32.2. The molecule has 0 radical (unpaired) electrons. The second-order valence-electron chi connectivity index (χ2n) is 6.47. The molecule has 0 aliphatic carbocycles. The molecule has 2 aromatic carbocycles. The molecule has 8 nitrogen and oxygen atoms in total. The largest absolute Gasteiger partial charge is 0.343 e. The molecule has 0 fully saturated rings. The molecule has 9 heteroatoms. The summed E-state index contributed by atoms with van der Waals surface area (Å²) >= 11 is 0. The molecule has 3 N–H and O–H groups in total. The van der Waals surface area contributed by atoms with Crippen LogP contribution in [-0.2, 0) is 14.8 Å². The number of hydrogen-bond acceptors (Lipinski definition) is 5. The van der Waals surface area contributed by atoms with Crippen molar-refractivity contribution in [2.24, 2.45) is 0 Å². The van der Waals surface area contributed by atoms with Gasteiger partial charge in [-0.15, -0.1) is 0 Å². The Morgan fingerprint density at radius 1 is 0.967 bits per heavy atom. The summed E-state index contributed by atoms with van der Waals surface area (Å²) in [4.78, 5) is 28.1. The molecular formula is C21H20N4O4S. The van der Waals surface area contributed by atoms with E-state index in [4.69, 9.17) is 0 Å². The fourth-order valence-electron chi connectivity index (χ4n) is 2.54. The van der Waals surface area contributed by atoms with E-state index in [1.54, 1.807) is 42.6 Å². The van der Waals surface area contributed by atoms with Gasteiger partial charge in [0.1, 0.15) is 0 Å². The van der Waals surface area contributed by atoms with Crippen molar-refractivity contribution in [3.63, 3.8) is 0 Å². The van der Waals surface area contributed by atoms with Gasteiger partial charge >= 0.3 is 0 Å². The Hall–Kier alpha value is -3.72. The van der Waals surface area contributed by atoms with E-state index in [1.807, 2.05) is 6.92 Å². The van der Waals surface area contributed by atoms with E-state index in [0.717, 1.165) is 5.56 Å². The van der Waals surface area contributed by atoms with Crippen molar-refractivity contribution in [1.29, 1.82) is 0 Å². The van der Waals surface area contributed by atoms with Gasteiger partial charge in [-0.3, -0.25) is 19.3 Å². The zero-order valence-electron chi connectivity index (χ0n) is 16.1. The zero-order chi connectivity index (χ0) is 21.6. The van der Waals surface area contributed by atoms with Crippen LogP contribution in [0.25, 0.3) is 0 Å². The van der Waals surface area contributed by atoms with Crippen molar-refractivity contribution in [1.82, 2.24) is 10.3 Å². The Morgan fingerprint density at radius 2 is 1.73 bits per heavy atom. The average molecular weight is 424 g/mol. The van der Waals surface area contributed by atoms with Crippen molar-refractivity contribution >= 4 is 33.2 Å². The number of pyridine rings is 1. The van der Waals surface area contributed by atoms with E-state index in [2.05, 4.69) is 20.3 Å². The summed E-state index contributed by atoms with van der Waals surface area (Å²) in [6.45, 7) is 1.63. The number of benzene rings is 2. The molecule has 0 unspecified atom stereocenters. The highest BCUT2D eigenvalue weighted by Crippen LogP contribution is 2.17. The standard InChI is InChI=1S/C21H20N4O4S/c1-15-7-9-17(10-8-15)25-30(28,29)19-6-2-4-16(12-19)21(27)23-14-20(26)24-18-5-3-11-22-13-18/h2-13,25H,14H2,1H3,(H,23,27)(H,24,26). The number of carbonyl (C=O) groups is 2. The molecule has 0 atom stereocenters. The highest BCUT2D eigenvalue weighted by Gasteiger charge is 2.17. The van der Waals surface area contributed by atoms with Crippen molar-refractivity contribution < 1.29 is 18.0 Å². The van der Waals surface area contributed by atoms with Crippen LogP contribution in [0.2, 0.25) is 0 Å². The Balaban J connectivity index is 1.64. The molecule has 30 heavy (non-hydrogen) atoms.